The highest BCUT2D eigenvalue weighted by molar-refractivity contribution is 7.99. The van der Waals surface area contributed by atoms with Crippen LogP contribution in [-0.4, -0.2) is 39.1 Å². The van der Waals surface area contributed by atoms with Gasteiger partial charge < -0.3 is 15.6 Å². The lowest BCUT2D eigenvalue weighted by Crippen LogP contribution is -2.29. The fraction of sp³-hybridized carbons (Fsp3) is 0.194. The van der Waals surface area contributed by atoms with E-state index in [4.69, 9.17) is 5.26 Å². The Kier molecular flexibility index (Phi) is 9.41. The molecule has 8 nitrogen and oxygen atoms in total. The van der Waals surface area contributed by atoms with Crippen LogP contribution in [0.4, 0.5) is 0 Å². The maximum Gasteiger partial charge on any atom is 0.263 e. The van der Waals surface area contributed by atoms with Gasteiger partial charge in [-0.15, -0.1) is 23.1 Å². The van der Waals surface area contributed by atoms with Gasteiger partial charge in [-0.1, -0.05) is 48.5 Å². The minimum atomic E-state index is -0.336. The standard InChI is InChI=1S/C31H28N6O2S2/c32-14-16-40-27-11-4-3-9-24(27)30(38)34-15-6-5-10-25(37-31(39)28-19-33-20-41-28)29-35-18-26(36-29)23-13-12-21-7-1-2-8-22(21)17-23/h1-4,7-9,11-13,17-20,25H,5-6,10,15-16H2,(H,34,38)(H,35,36)(H,37,39)/t25-/m0/s1. The van der Waals surface area contributed by atoms with E-state index >= 15 is 0 Å². The molecule has 206 valence electrons. The van der Waals surface area contributed by atoms with Crippen molar-refractivity contribution in [3.8, 4) is 17.3 Å². The third-order valence-electron chi connectivity index (χ3n) is 6.58. The molecule has 0 aliphatic rings. The molecular formula is C31H28N6O2S2. The number of benzene rings is 3. The van der Waals surface area contributed by atoms with E-state index in [1.807, 2.05) is 30.3 Å². The molecule has 0 spiro atoms. The van der Waals surface area contributed by atoms with Gasteiger partial charge in [-0.25, -0.2) is 4.98 Å². The number of rotatable bonds is 12. The molecule has 0 bridgehead atoms. The number of imidazole rings is 1. The number of unbranched alkanes of at least 4 members (excludes halogenated alkanes) is 1. The molecule has 1 atom stereocenters. The predicted octanol–water partition coefficient (Wildman–Crippen LogP) is 6.37. The second-order valence-corrected chi connectivity index (χ2v) is 11.2. The third-order valence-corrected chi connectivity index (χ3v) is 8.29. The van der Waals surface area contributed by atoms with Crippen molar-refractivity contribution in [3.05, 3.63) is 101 Å². The molecule has 41 heavy (non-hydrogen) atoms. The lowest BCUT2D eigenvalue weighted by molar-refractivity contribution is 0.0935. The number of carbonyl (C=O) groups excluding carboxylic acids is 2. The van der Waals surface area contributed by atoms with Gasteiger partial charge in [-0.3, -0.25) is 14.6 Å². The summed E-state index contributed by atoms with van der Waals surface area (Å²) in [5.74, 6) is 0.612. The summed E-state index contributed by atoms with van der Waals surface area (Å²) in [6.45, 7) is 0.492. The van der Waals surface area contributed by atoms with Crippen molar-refractivity contribution in [3.63, 3.8) is 0 Å². The fourth-order valence-corrected chi connectivity index (χ4v) is 5.75. The van der Waals surface area contributed by atoms with Crippen LogP contribution in [0.1, 0.15) is 51.2 Å². The molecule has 0 saturated carbocycles. The van der Waals surface area contributed by atoms with Gasteiger partial charge in [0.25, 0.3) is 11.8 Å². The summed E-state index contributed by atoms with van der Waals surface area (Å²) in [7, 11) is 0. The smallest absolute Gasteiger partial charge is 0.263 e. The topological polar surface area (TPSA) is 124 Å². The molecule has 2 amide bonds. The largest absolute Gasteiger partial charge is 0.352 e. The van der Waals surface area contributed by atoms with Crippen molar-refractivity contribution >= 4 is 45.7 Å². The Morgan fingerprint density at radius 3 is 2.66 bits per heavy atom. The van der Waals surface area contributed by atoms with Gasteiger partial charge in [0.05, 0.1) is 47.0 Å². The number of thiazole rings is 1. The highest BCUT2D eigenvalue weighted by Gasteiger charge is 2.20. The molecule has 0 fully saturated rings. The van der Waals surface area contributed by atoms with Crippen LogP contribution in [0.15, 0.2) is 89.5 Å². The highest BCUT2D eigenvalue weighted by atomic mass is 32.2. The third kappa shape index (κ3) is 7.20. The van der Waals surface area contributed by atoms with E-state index in [0.29, 0.717) is 29.2 Å². The number of nitrogens with zero attached hydrogens (tertiary/aromatic N) is 3. The van der Waals surface area contributed by atoms with Crippen LogP contribution in [0.2, 0.25) is 0 Å². The SMILES string of the molecule is N#CCSc1ccccc1C(=O)NCCCC[C@H](NC(=O)c1cncs1)c1ncc(-c2ccc3ccccc3c2)[nH]1. The summed E-state index contributed by atoms with van der Waals surface area (Å²) in [5.41, 5.74) is 4.10. The summed E-state index contributed by atoms with van der Waals surface area (Å²) in [6.07, 6.45) is 5.48. The summed E-state index contributed by atoms with van der Waals surface area (Å²) in [5, 5.41) is 17.3. The van der Waals surface area contributed by atoms with Crippen molar-refractivity contribution in [2.45, 2.75) is 30.2 Å². The van der Waals surface area contributed by atoms with Crippen molar-refractivity contribution in [2.24, 2.45) is 0 Å². The van der Waals surface area contributed by atoms with Crippen molar-refractivity contribution in [2.75, 3.05) is 12.3 Å². The van der Waals surface area contributed by atoms with Crippen molar-refractivity contribution < 1.29 is 9.59 Å². The number of H-pyrrole nitrogens is 1. The molecule has 5 rings (SSSR count). The predicted molar refractivity (Wildman–Crippen MR) is 163 cm³/mol. The number of nitriles is 1. The number of aromatic amines is 1. The van der Waals surface area contributed by atoms with Crippen LogP contribution in [0, 0.1) is 11.3 Å². The number of aromatic nitrogens is 3. The van der Waals surface area contributed by atoms with Gasteiger partial charge in [-0.05, 0) is 48.2 Å². The molecule has 0 saturated heterocycles. The Morgan fingerprint density at radius 2 is 1.83 bits per heavy atom. The second-order valence-electron chi connectivity index (χ2n) is 9.33. The highest BCUT2D eigenvalue weighted by Crippen LogP contribution is 2.26. The summed E-state index contributed by atoms with van der Waals surface area (Å²) in [4.78, 5) is 39.0. The first-order valence-electron chi connectivity index (χ1n) is 13.2. The summed E-state index contributed by atoms with van der Waals surface area (Å²) >= 11 is 2.64. The number of hydrogen-bond donors (Lipinski definition) is 3. The van der Waals surface area contributed by atoms with Crippen molar-refractivity contribution in [1.29, 1.82) is 5.26 Å². The normalized spacial score (nSPS) is 11.6. The molecule has 0 unspecified atom stereocenters. The van der Waals surface area contributed by atoms with E-state index in [0.717, 1.165) is 34.4 Å². The van der Waals surface area contributed by atoms with Gasteiger partial charge in [-0.2, -0.15) is 5.26 Å². The van der Waals surface area contributed by atoms with Crippen LogP contribution in [0.5, 0.6) is 0 Å². The Morgan fingerprint density at radius 1 is 1.00 bits per heavy atom. The number of carbonyl (C=O) groups is 2. The summed E-state index contributed by atoms with van der Waals surface area (Å²) in [6, 6.07) is 23.5. The minimum absolute atomic E-state index is 0.160. The zero-order valence-electron chi connectivity index (χ0n) is 22.2. The summed E-state index contributed by atoms with van der Waals surface area (Å²) < 4.78 is 0. The monoisotopic (exact) mass is 580 g/mol. The van der Waals surface area contributed by atoms with E-state index in [1.165, 1.54) is 28.5 Å². The number of nitrogens with one attached hydrogen (secondary N) is 3. The van der Waals surface area contributed by atoms with Crippen molar-refractivity contribution in [1.82, 2.24) is 25.6 Å². The first-order chi connectivity index (χ1) is 20.1. The second kappa shape index (κ2) is 13.7. The molecule has 2 aromatic heterocycles. The number of thioether (sulfide) groups is 1. The number of amides is 2. The lowest BCUT2D eigenvalue weighted by atomic mass is 10.1. The Hall–Kier alpha value is -4.46. The average Bonchev–Trinajstić information content (AvgIpc) is 3.72. The average molecular weight is 581 g/mol. The Labute approximate surface area is 246 Å². The van der Waals surface area contributed by atoms with E-state index < -0.39 is 0 Å². The van der Waals surface area contributed by atoms with Gasteiger partial charge in [0.2, 0.25) is 0 Å². The molecule has 10 heteroatoms. The number of hydrogen-bond acceptors (Lipinski definition) is 7. The van der Waals surface area contributed by atoms with E-state index in [-0.39, 0.29) is 23.6 Å². The molecule has 2 heterocycles. The van der Waals surface area contributed by atoms with Gasteiger partial charge >= 0.3 is 0 Å². The molecule has 5 aromatic rings. The first-order valence-corrected chi connectivity index (χ1v) is 15.1. The van der Waals surface area contributed by atoms with Crippen LogP contribution >= 0.6 is 23.1 Å². The molecule has 3 aromatic carbocycles. The Balaban J connectivity index is 1.23. The zero-order valence-corrected chi connectivity index (χ0v) is 23.8. The molecular weight excluding hydrogens is 553 g/mol. The van der Waals surface area contributed by atoms with Gasteiger partial charge in [0.15, 0.2) is 0 Å². The van der Waals surface area contributed by atoms with E-state index in [2.05, 4.69) is 62.0 Å². The maximum atomic E-state index is 12.9. The van der Waals surface area contributed by atoms with E-state index in [1.54, 1.807) is 24.0 Å². The fourth-order valence-electron chi connectivity index (χ4n) is 4.51. The quantitative estimate of drug-likeness (QED) is 0.116. The first kappa shape index (κ1) is 28.1. The minimum Gasteiger partial charge on any atom is -0.352 e. The van der Waals surface area contributed by atoms with Gasteiger partial charge in [0, 0.05) is 17.0 Å². The van der Waals surface area contributed by atoms with E-state index in [9.17, 15) is 9.59 Å². The molecule has 3 N–H and O–H groups in total. The van der Waals surface area contributed by atoms with Crippen LogP contribution in [0.25, 0.3) is 22.0 Å². The van der Waals surface area contributed by atoms with Gasteiger partial charge in [0.1, 0.15) is 10.7 Å². The maximum absolute atomic E-state index is 12.9. The lowest BCUT2D eigenvalue weighted by Gasteiger charge is -2.16. The van der Waals surface area contributed by atoms with Crippen LogP contribution in [-0.2, 0) is 0 Å². The molecule has 0 aliphatic carbocycles. The molecule has 0 radical (unpaired) electrons. The number of fused-ring (bicyclic) bond motifs is 1. The Bertz CT molecular complexity index is 1680. The zero-order chi connectivity index (χ0) is 28.4. The molecule has 0 aliphatic heterocycles. The van der Waals surface area contributed by atoms with Crippen LogP contribution in [0.3, 0.4) is 0 Å². The van der Waals surface area contributed by atoms with Crippen LogP contribution < -0.4 is 10.6 Å².